The lowest BCUT2D eigenvalue weighted by molar-refractivity contribution is 0.0600. The van der Waals surface area contributed by atoms with Crippen LogP contribution in [-0.2, 0) is 4.74 Å². The first-order valence-electron chi connectivity index (χ1n) is 8.27. The van der Waals surface area contributed by atoms with Crippen molar-refractivity contribution in [2.24, 2.45) is 0 Å². The van der Waals surface area contributed by atoms with Gasteiger partial charge < -0.3 is 20.5 Å². The minimum absolute atomic E-state index is 0.195. The summed E-state index contributed by atoms with van der Waals surface area (Å²) in [5, 5.41) is 16.1. The number of nitrogens with one attached hydrogen (secondary N) is 2. The summed E-state index contributed by atoms with van der Waals surface area (Å²) < 4.78 is 4.80. The van der Waals surface area contributed by atoms with E-state index in [0.29, 0.717) is 17.3 Å². The Hall–Kier alpha value is -1.89. The van der Waals surface area contributed by atoms with E-state index >= 15 is 0 Å². The van der Waals surface area contributed by atoms with Crippen LogP contribution >= 0.6 is 0 Å². The number of hydrogen-bond donors (Lipinski definition) is 3. The summed E-state index contributed by atoms with van der Waals surface area (Å²) in [6, 6.07) is 0.195. The van der Waals surface area contributed by atoms with Crippen molar-refractivity contribution in [1.82, 2.24) is 9.97 Å². The molecule has 0 spiro atoms. The largest absolute Gasteiger partial charge is 0.465 e. The third kappa shape index (κ3) is 5.06. The van der Waals surface area contributed by atoms with E-state index in [1.165, 1.54) is 13.3 Å². The van der Waals surface area contributed by atoms with Crippen molar-refractivity contribution in [3.8, 4) is 0 Å². The summed E-state index contributed by atoms with van der Waals surface area (Å²) in [6.45, 7) is 2.91. The number of rotatable bonds is 7. The van der Waals surface area contributed by atoms with Crippen LogP contribution in [0, 0.1) is 0 Å². The van der Waals surface area contributed by atoms with Crippen molar-refractivity contribution in [3.63, 3.8) is 0 Å². The minimum atomic E-state index is -0.455. The summed E-state index contributed by atoms with van der Waals surface area (Å²) in [5.41, 5.74) is 0.333. The molecule has 1 saturated carbocycles. The number of anilines is 2. The van der Waals surface area contributed by atoms with Gasteiger partial charge in [0.25, 0.3) is 0 Å². The van der Waals surface area contributed by atoms with E-state index in [0.717, 1.165) is 45.1 Å². The SMILES string of the molecule is CCCCNc1ncc(C(=O)OC)c(NC2CCC(O)CC2)n1. The number of carbonyl (C=O) groups excluding carboxylic acids is 1. The molecule has 0 atom stereocenters. The summed E-state index contributed by atoms with van der Waals surface area (Å²) in [5.74, 6) is 0.542. The van der Waals surface area contributed by atoms with Crippen LogP contribution < -0.4 is 10.6 Å². The smallest absolute Gasteiger partial charge is 0.343 e. The number of nitrogens with zero attached hydrogens (tertiary/aromatic N) is 2. The first-order valence-corrected chi connectivity index (χ1v) is 8.27. The molecule has 7 nitrogen and oxygen atoms in total. The van der Waals surface area contributed by atoms with Crippen LogP contribution in [0.1, 0.15) is 55.8 Å². The Balaban J connectivity index is 2.11. The molecule has 128 valence electrons. The Kier molecular flexibility index (Phi) is 6.58. The highest BCUT2D eigenvalue weighted by atomic mass is 16.5. The van der Waals surface area contributed by atoms with Crippen LogP contribution in [0.2, 0.25) is 0 Å². The van der Waals surface area contributed by atoms with Gasteiger partial charge in [0.15, 0.2) is 0 Å². The van der Waals surface area contributed by atoms with Gasteiger partial charge >= 0.3 is 5.97 Å². The molecule has 1 aromatic rings. The number of methoxy groups -OCH3 is 1. The quantitative estimate of drug-likeness (QED) is 0.523. The van der Waals surface area contributed by atoms with Gasteiger partial charge in [-0.1, -0.05) is 13.3 Å². The highest BCUT2D eigenvalue weighted by Gasteiger charge is 2.22. The molecule has 0 aromatic carbocycles. The number of ether oxygens (including phenoxy) is 1. The van der Waals surface area contributed by atoms with E-state index in [1.54, 1.807) is 0 Å². The van der Waals surface area contributed by atoms with Crippen molar-refractivity contribution in [2.45, 2.75) is 57.6 Å². The predicted octanol–water partition coefficient (Wildman–Crippen LogP) is 2.19. The molecule has 0 unspecified atom stereocenters. The zero-order valence-corrected chi connectivity index (χ0v) is 13.8. The van der Waals surface area contributed by atoms with Gasteiger partial charge in [-0.05, 0) is 32.1 Å². The Morgan fingerprint density at radius 3 is 2.78 bits per heavy atom. The molecular formula is C16H26N4O3. The van der Waals surface area contributed by atoms with Gasteiger partial charge in [0, 0.05) is 18.8 Å². The molecule has 1 fully saturated rings. The fraction of sp³-hybridized carbons (Fsp3) is 0.688. The first-order chi connectivity index (χ1) is 11.1. The molecule has 0 saturated heterocycles. The first kappa shape index (κ1) is 17.5. The fourth-order valence-corrected chi connectivity index (χ4v) is 2.63. The normalized spacial score (nSPS) is 20.8. The average Bonchev–Trinajstić information content (AvgIpc) is 2.57. The van der Waals surface area contributed by atoms with E-state index in [-0.39, 0.29) is 12.1 Å². The second kappa shape index (κ2) is 8.67. The van der Waals surface area contributed by atoms with Gasteiger partial charge in [0.2, 0.25) is 5.95 Å². The number of unbranched alkanes of at least 4 members (excludes halogenated alkanes) is 1. The van der Waals surface area contributed by atoms with Gasteiger partial charge in [0.1, 0.15) is 11.4 Å². The summed E-state index contributed by atoms with van der Waals surface area (Å²) in [7, 11) is 1.34. The maximum Gasteiger partial charge on any atom is 0.343 e. The van der Waals surface area contributed by atoms with Gasteiger partial charge in [-0.25, -0.2) is 9.78 Å². The van der Waals surface area contributed by atoms with Gasteiger partial charge in [-0.3, -0.25) is 0 Å². The third-order valence-corrected chi connectivity index (χ3v) is 4.05. The highest BCUT2D eigenvalue weighted by Crippen LogP contribution is 2.24. The highest BCUT2D eigenvalue weighted by molar-refractivity contribution is 5.94. The number of hydrogen-bond acceptors (Lipinski definition) is 7. The lowest BCUT2D eigenvalue weighted by Gasteiger charge is -2.27. The number of aliphatic hydroxyl groups is 1. The summed E-state index contributed by atoms with van der Waals surface area (Å²) >= 11 is 0. The maximum atomic E-state index is 11.9. The third-order valence-electron chi connectivity index (χ3n) is 4.05. The second-order valence-electron chi connectivity index (χ2n) is 5.88. The predicted molar refractivity (Wildman–Crippen MR) is 88.7 cm³/mol. The lowest BCUT2D eigenvalue weighted by atomic mass is 9.93. The zero-order valence-electron chi connectivity index (χ0n) is 13.8. The molecule has 0 bridgehead atoms. The molecule has 0 aliphatic heterocycles. The van der Waals surface area contributed by atoms with Crippen molar-refractivity contribution in [2.75, 3.05) is 24.3 Å². The van der Waals surface area contributed by atoms with Crippen LogP contribution in [0.3, 0.4) is 0 Å². The van der Waals surface area contributed by atoms with E-state index in [1.807, 2.05) is 0 Å². The molecule has 3 N–H and O–H groups in total. The number of carbonyl (C=O) groups is 1. The summed E-state index contributed by atoms with van der Waals surface area (Å²) in [6.07, 6.45) is 6.62. The van der Waals surface area contributed by atoms with Gasteiger partial charge in [-0.2, -0.15) is 4.98 Å². The Bertz CT molecular complexity index is 516. The molecule has 1 heterocycles. The lowest BCUT2D eigenvalue weighted by Crippen LogP contribution is -2.29. The fourth-order valence-electron chi connectivity index (χ4n) is 2.63. The van der Waals surface area contributed by atoms with E-state index in [9.17, 15) is 9.90 Å². The van der Waals surface area contributed by atoms with Crippen molar-refractivity contribution in [3.05, 3.63) is 11.8 Å². The van der Waals surface area contributed by atoms with Gasteiger partial charge in [0.05, 0.1) is 13.2 Å². The van der Waals surface area contributed by atoms with Crippen LogP contribution in [0.4, 0.5) is 11.8 Å². The van der Waals surface area contributed by atoms with Crippen LogP contribution in [0.25, 0.3) is 0 Å². The Morgan fingerprint density at radius 2 is 2.13 bits per heavy atom. The van der Waals surface area contributed by atoms with Crippen LogP contribution in [0.5, 0.6) is 0 Å². The number of esters is 1. The Labute approximate surface area is 136 Å². The molecule has 0 radical (unpaired) electrons. The molecule has 7 heteroatoms. The average molecular weight is 322 g/mol. The molecule has 1 aliphatic carbocycles. The van der Waals surface area contributed by atoms with Crippen molar-refractivity contribution < 1.29 is 14.6 Å². The maximum absolute atomic E-state index is 11.9. The van der Waals surface area contributed by atoms with Crippen molar-refractivity contribution >= 4 is 17.7 Å². The number of aromatic nitrogens is 2. The zero-order chi connectivity index (χ0) is 16.7. The molecule has 0 amide bonds. The number of aliphatic hydroxyl groups excluding tert-OH is 1. The van der Waals surface area contributed by atoms with E-state index in [4.69, 9.17) is 4.74 Å². The molecule has 23 heavy (non-hydrogen) atoms. The Morgan fingerprint density at radius 1 is 1.39 bits per heavy atom. The van der Waals surface area contributed by atoms with E-state index < -0.39 is 5.97 Å². The molecule has 1 aliphatic rings. The standard InChI is InChI=1S/C16H26N4O3/c1-3-4-9-17-16-18-10-13(15(22)23-2)14(20-16)19-11-5-7-12(21)8-6-11/h10-12,21H,3-9H2,1-2H3,(H2,17,18,19,20). The van der Waals surface area contributed by atoms with Gasteiger partial charge in [-0.15, -0.1) is 0 Å². The topological polar surface area (TPSA) is 96.4 Å². The van der Waals surface area contributed by atoms with Crippen LogP contribution in [0.15, 0.2) is 6.20 Å². The molecule has 1 aromatic heterocycles. The molecule has 2 rings (SSSR count). The monoisotopic (exact) mass is 322 g/mol. The molecular weight excluding hydrogens is 296 g/mol. The second-order valence-corrected chi connectivity index (χ2v) is 5.88. The summed E-state index contributed by atoms with van der Waals surface area (Å²) in [4.78, 5) is 20.5. The minimum Gasteiger partial charge on any atom is -0.465 e. The van der Waals surface area contributed by atoms with E-state index in [2.05, 4.69) is 27.5 Å². The van der Waals surface area contributed by atoms with Crippen LogP contribution in [-0.4, -0.2) is 46.8 Å². The van der Waals surface area contributed by atoms with Crippen molar-refractivity contribution in [1.29, 1.82) is 0 Å².